The van der Waals surface area contributed by atoms with E-state index in [1.54, 1.807) is 51.7 Å². The lowest BCUT2D eigenvalue weighted by molar-refractivity contribution is -0.346. The summed E-state index contributed by atoms with van der Waals surface area (Å²) in [5.74, 6) is -2.58. The molecule has 7 rings (SSSR count). The lowest BCUT2D eigenvalue weighted by Gasteiger charge is -2.71. The number of aliphatic hydroxyl groups is 4. The zero-order valence-corrected chi connectivity index (χ0v) is 24.8. The number of carbonyl (C=O) groups excluding carboxylic acids is 1. The van der Waals surface area contributed by atoms with Crippen molar-refractivity contribution < 1.29 is 48.9 Å². The number of carbonyl (C=O) groups is 1. The monoisotopic (exact) mass is 589 g/mol. The number of hydrogen-bond acceptors (Lipinski definition) is 11. The molecule has 5 aliphatic carbocycles. The van der Waals surface area contributed by atoms with E-state index in [4.69, 9.17) is 23.7 Å². The van der Waals surface area contributed by atoms with Crippen LogP contribution in [-0.2, 0) is 23.7 Å². The van der Waals surface area contributed by atoms with Crippen molar-refractivity contribution in [1.82, 2.24) is 4.90 Å². The fourth-order valence-corrected chi connectivity index (χ4v) is 11.7. The Hall–Kier alpha value is -1.67. The van der Waals surface area contributed by atoms with Crippen molar-refractivity contribution in [3.8, 4) is 0 Å². The molecular weight excluding hydrogens is 546 g/mol. The van der Waals surface area contributed by atoms with Crippen LogP contribution in [0.4, 0.5) is 0 Å². The molecular formula is C31H43NO10. The SMILES string of the molecule is COC[C@]12CN(C)C3[C@@H]4[C@H](OC)[C@H]1[C@@]3([C@@H](OC)C[C@H]2O)[C@@H]1C[C@]2(O)[C@@H](OC)C[C@@]4(O)[C@]1(O)[C@H]2OC(=O)c1ccccc1. The van der Waals surface area contributed by atoms with Gasteiger partial charge in [0.25, 0.3) is 0 Å². The van der Waals surface area contributed by atoms with E-state index in [1.807, 2.05) is 7.05 Å². The number of rotatable bonds is 7. The first-order valence-electron chi connectivity index (χ1n) is 14.9. The Balaban J connectivity index is 1.48. The van der Waals surface area contributed by atoms with Crippen molar-refractivity contribution in [2.24, 2.45) is 28.6 Å². The van der Waals surface area contributed by atoms with Crippen molar-refractivity contribution in [2.75, 3.05) is 48.6 Å². The van der Waals surface area contributed by atoms with Gasteiger partial charge in [-0.25, -0.2) is 4.79 Å². The van der Waals surface area contributed by atoms with E-state index in [-0.39, 0.29) is 37.5 Å². The normalized spacial score (nSPS) is 53.7. The predicted octanol–water partition coefficient (Wildman–Crippen LogP) is -0.169. The molecule has 232 valence electrons. The van der Waals surface area contributed by atoms with Crippen LogP contribution in [0.5, 0.6) is 0 Å². The maximum atomic E-state index is 13.5. The van der Waals surface area contributed by atoms with Crippen LogP contribution in [0.3, 0.4) is 0 Å². The third-order valence-electron chi connectivity index (χ3n) is 12.7. The van der Waals surface area contributed by atoms with Crippen LogP contribution in [0.2, 0.25) is 0 Å². The summed E-state index contributed by atoms with van der Waals surface area (Å²) in [4.78, 5) is 15.7. The molecule has 0 radical (unpaired) electrons. The number of benzene rings is 1. The minimum absolute atomic E-state index is 0.0000642. The molecule has 1 aromatic carbocycles. The number of piperidine rings is 1. The Morgan fingerprint density at radius 1 is 1.00 bits per heavy atom. The molecule has 1 unspecified atom stereocenters. The van der Waals surface area contributed by atoms with Gasteiger partial charge in [-0.2, -0.15) is 0 Å². The van der Waals surface area contributed by atoms with E-state index in [0.29, 0.717) is 6.54 Å². The van der Waals surface area contributed by atoms with Gasteiger partial charge < -0.3 is 49.0 Å². The standard InChI is InChI=1S/C31H43NO10/c1-32-14-27(15-38-2)18(33)11-19(39-3)30-17-12-28(35)20(40-4)13-29(36,21(24(30)32)22(41-5)23(27)30)31(17,37)26(28)42-25(34)16-9-7-6-8-10-16/h6-10,17-24,26,33,35-37H,11-15H2,1-5H3/t17-,18+,19-,20-,21-,22-,23+,24?,26-,27-,28-,29-,30-,31+/m0/s1. The van der Waals surface area contributed by atoms with E-state index in [0.717, 1.165) is 0 Å². The highest BCUT2D eigenvalue weighted by Crippen LogP contribution is 2.80. The largest absolute Gasteiger partial charge is 0.452 e. The number of nitrogens with zero attached hydrogens (tertiary/aromatic N) is 1. The van der Waals surface area contributed by atoms with Crippen molar-refractivity contribution in [3.63, 3.8) is 0 Å². The quantitative estimate of drug-likeness (QED) is 0.315. The molecule has 4 N–H and O–H groups in total. The van der Waals surface area contributed by atoms with E-state index in [1.165, 1.54) is 7.11 Å². The van der Waals surface area contributed by atoms with Crippen LogP contribution >= 0.6 is 0 Å². The second kappa shape index (κ2) is 9.18. The molecule has 14 atom stereocenters. The lowest BCUT2D eigenvalue weighted by Crippen LogP contribution is -2.84. The molecule has 5 saturated carbocycles. The second-order valence-electron chi connectivity index (χ2n) is 13.8. The van der Waals surface area contributed by atoms with Gasteiger partial charge in [-0.05, 0) is 25.6 Å². The molecule has 1 aliphatic heterocycles. The molecule has 7 bridgehead atoms. The summed E-state index contributed by atoms with van der Waals surface area (Å²) in [6, 6.07) is 8.09. The maximum absolute atomic E-state index is 13.5. The minimum Gasteiger partial charge on any atom is -0.452 e. The van der Waals surface area contributed by atoms with Crippen LogP contribution in [0, 0.1) is 28.6 Å². The van der Waals surface area contributed by atoms with Crippen molar-refractivity contribution in [2.45, 2.75) is 72.6 Å². The second-order valence-corrected chi connectivity index (χ2v) is 13.8. The number of ether oxygens (including phenoxy) is 5. The lowest BCUT2D eigenvalue weighted by atomic mass is 9.41. The third kappa shape index (κ3) is 2.96. The fourth-order valence-electron chi connectivity index (χ4n) is 11.7. The fraction of sp³-hybridized carbons (Fsp3) is 0.774. The Bertz CT molecular complexity index is 1250. The first kappa shape index (κ1) is 29.1. The smallest absolute Gasteiger partial charge is 0.338 e. The van der Waals surface area contributed by atoms with Gasteiger partial charge in [0.05, 0.1) is 36.6 Å². The third-order valence-corrected chi connectivity index (χ3v) is 12.7. The molecule has 0 aromatic heterocycles. The summed E-state index contributed by atoms with van der Waals surface area (Å²) in [5, 5.41) is 50.5. The highest BCUT2D eigenvalue weighted by molar-refractivity contribution is 5.89. The van der Waals surface area contributed by atoms with Gasteiger partial charge in [0.15, 0.2) is 6.10 Å². The maximum Gasteiger partial charge on any atom is 0.338 e. The molecule has 11 nitrogen and oxygen atoms in total. The molecule has 1 heterocycles. The summed E-state index contributed by atoms with van der Waals surface area (Å²) >= 11 is 0. The molecule has 42 heavy (non-hydrogen) atoms. The Kier molecular flexibility index (Phi) is 6.35. The van der Waals surface area contributed by atoms with Gasteiger partial charge in [-0.3, -0.25) is 0 Å². The molecule has 6 fully saturated rings. The van der Waals surface area contributed by atoms with Crippen molar-refractivity contribution in [3.05, 3.63) is 35.9 Å². The van der Waals surface area contributed by atoms with Crippen molar-refractivity contribution >= 4 is 5.97 Å². The zero-order valence-electron chi connectivity index (χ0n) is 24.8. The van der Waals surface area contributed by atoms with E-state index in [2.05, 4.69) is 4.90 Å². The van der Waals surface area contributed by atoms with E-state index >= 15 is 0 Å². The zero-order chi connectivity index (χ0) is 30.0. The van der Waals surface area contributed by atoms with Gasteiger partial charge in [0.1, 0.15) is 16.8 Å². The molecule has 1 saturated heterocycles. The van der Waals surface area contributed by atoms with Crippen LogP contribution in [0.25, 0.3) is 0 Å². The van der Waals surface area contributed by atoms with Crippen molar-refractivity contribution in [1.29, 1.82) is 0 Å². The average molecular weight is 590 g/mol. The summed E-state index contributed by atoms with van der Waals surface area (Å²) in [5.41, 5.74) is -7.16. The van der Waals surface area contributed by atoms with E-state index in [9.17, 15) is 25.2 Å². The Morgan fingerprint density at radius 3 is 2.31 bits per heavy atom. The predicted molar refractivity (Wildman–Crippen MR) is 146 cm³/mol. The first-order chi connectivity index (χ1) is 20.0. The summed E-state index contributed by atoms with van der Waals surface area (Å²) in [6.45, 7) is 0.735. The van der Waals surface area contributed by atoms with Crippen LogP contribution in [-0.4, -0.2) is 133 Å². The number of fused-ring (bicyclic) bond motifs is 2. The van der Waals surface area contributed by atoms with Crippen LogP contribution in [0.15, 0.2) is 30.3 Å². The number of likely N-dealkylation sites (tertiary alicyclic amines) is 1. The highest BCUT2D eigenvalue weighted by atomic mass is 16.6. The van der Waals surface area contributed by atoms with Gasteiger partial charge in [-0.15, -0.1) is 0 Å². The van der Waals surface area contributed by atoms with Gasteiger partial charge in [0.2, 0.25) is 0 Å². The van der Waals surface area contributed by atoms with Gasteiger partial charge in [-0.1, -0.05) is 18.2 Å². The van der Waals surface area contributed by atoms with E-state index < -0.39 is 81.9 Å². The molecule has 0 amide bonds. The number of aliphatic hydroxyl groups excluding tert-OH is 1. The number of hydrogen-bond donors (Lipinski definition) is 4. The topological polar surface area (TPSA) is 147 Å². The molecule has 11 heteroatoms. The summed E-state index contributed by atoms with van der Waals surface area (Å²) < 4.78 is 30.3. The summed E-state index contributed by atoms with van der Waals surface area (Å²) in [7, 11) is 8.25. The van der Waals surface area contributed by atoms with Crippen LogP contribution < -0.4 is 0 Å². The first-order valence-corrected chi connectivity index (χ1v) is 14.9. The highest BCUT2D eigenvalue weighted by Gasteiger charge is 2.93. The Morgan fingerprint density at radius 2 is 1.69 bits per heavy atom. The molecule has 1 spiro atoms. The summed E-state index contributed by atoms with van der Waals surface area (Å²) in [6.07, 6.45) is -4.17. The number of esters is 1. The van der Waals surface area contributed by atoms with Gasteiger partial charge >= 0.3 is 5.97 Å². The minimum atomic E-state index is -2.07. The van der Waals surface area contributed by atoms with Crippen LogP contribution in [0.1, 0.15) is 29.6 Å². The average Bonchev–Trinajstić information content (AvgIpc) is 3.34. The van der Waals surface area contributed by atoms with Gasteiger partial charge in [0, 0.05) is 82.5 Å². The Labute approximate surface area is 245 Å². The molecule has 1 aromatic rings. The molecule has 6 aliphatic rings. The number of methoxy groups -OCH3 is 4.